The SMILES string of the molecule is CCCN(CCC(=O)NCCCN(C)C)C(C)=O. The highest BCUT2D eigenvalue weighted by Gasteiger charge is 2.09. The van der Waals surface area contributed by atoms with Crippen molar-refractivity contribution in [1.82, 2.24) is 15.1 Å². The van der Waals surface area contributed by atoms with Crippen molar-refractivity contribution in [2.45, 2.75) is 33.1 Å². The fourth-order valence-electron chi connectivity index (χ4n) is 1.64. The van der Waals surface area contributed by atoms with Crippen molar-refractivity contribution in [1.29, 1.82) is 0 Å². The first-order chi connectivity index (χ1) is 8.47. The number of hydrogen-bond acceptors (Lipinski definition) is 3. The van der Waals surface area contributed by atoms with Crippen molar-refractivity contribution in [2.75, 3.05) is 40.3 Å². The van der Waals surface area contributed by atoms with Gasteiger partial charge in [0.25, 0.3) is 0 Å². The largest absolute Gasteiger partial charge is 0.356 e. The van der Waals surface area contributed by atoms with Crippen molar-refractivity contribution < 1.29 is 9.59 Å². The molecule has 0 saturated heterocycles. The number of rotatable bonds is 9. The Labute approximate surface area is 111 Å². The minimum Gasteiger partial charge on any atom is -0.356 e. The Hall–Kier alpha value is -1.10. The molecule has 18 heavy (non-hydrogen) atoms. The molecule has 0 aliphatic rings. The van der Waals surface area contributed by atoms with E-state index in [9.17, 15) is 9.59 Å². The third-order valence-electron chi connectivity index (χ3n) is 2.65. The molecular formula is C13H27N3O2. The Balaban J connectivity index is 3.70. The van der Waals surface area contributed by atoms with Gasteiger partial charge in [-0.25, -0.2) is 0 Å². The summed E-state index contributed by atoms with van der Waals surface area (Å²) in [5, 5.41) is 2.87. The number of nitrogens with zero attached hydrogens (tertiary/aromatic N) is 2. The molecule has 1 N–H and O–H groups in total. The van der Waals surface area contributed by atoms with Gasteiger partial charge in [-0.05, 0) is 33.5 Å². The molecule has 0 radical (unpaired) electrons. The van der Waals surface area contributed by atoms with E-state index in [1.807, 2.05) is 21.0 Å². The molecule has 106 valence electrons. The lowest BCUT2D eigenvalue weighted by molar-refractivity contribution is -0.129. The van der Waals surface area contributed by atoms with E-state index in [-0.39, 0.29) is 11.8 Å². The van der Waals surface area contributed by atoms with Crippen LogP contribution in [-0.4, -0.2) is 61.9 Å². The summed E-state index contributed by atoms with van der Waals surface area (Å²) in [5.41, 5.74) is 0. The van der Waals surface area contributed by atoms with Crippen molar-refractivity contribution >= 4 is 11.8 Å². The highest BCUT2D eigenvalue weighted by Crippen LogP contribution is 1.95. The Morgan fingerprint density at radius 3 is 2.28 bits per heavy atom. The second-order valence-corrected chi connectivity index (χ2v) is 4.76. The summed E-state index contributed by atoms with van der Waals surface area (Å²) in [6, 6.07) is 0. The van der Waals surface area contributed by atoms with Crippen LogP contribution in [0.15, 0.2) is 0 Å². The van der Waals surface area contributed by atoms with Gasteiger partial charge in [0.2, 0.25) is 11.8 Å². The molecule has 0 fully saturated rings. The molecule has 0 bridgehead atoms. The van der Waals surface area contributed by atoms with Crippen LogP contribution in [0.1, 0.15) is 33.1 Å². The molecule has 0 heterocycles. The molecule has 0 saturated carbocycles. The predicted molar refractivity (Wildman–Crippen MR) is 73.3 cm³/mol. The van der Waals surface area contributed by atoms with Gasteiger partial charge in [0, 0.05) is 33.0 Å². The average Bonchev–Trinajstić information content (AvgIpc) is 2.29. The molecule has 0 atom stereocenters. The van der Waals surface area contributed by atoms with Gasteiger partial charge in [0.05, 0.1) is 0 Å². The van der Waals surface area contributed by atoms with E-state index in [2.05, 4.69) is 10.2 Å². The molecule has 0 aromatic rings. The zero-order valence-electron chi connectivity index (χ0n) is 12.2. The van der Waals surface area contributed by atoms with Crippen LogP contribution in [0, 0.1) is 0 Å². The molecule has 0 aliphatic heterocycles. The smallest absolute Gasteiger partial charge is 0.221 e. The van der Waals surface area contributed by atoms with Gasteiger partial charge in [0.1, 0.15) is 0 Å². The van der Waals surface area contributed by atoms with Crippen LogP contribution >= 0.6 is 0 Å². The van der Waals surface area contributed by atoms with E-state index in [1.54, 1.807) is 11.8 Å². The third kappa shape index (κ3) is 8.98. The number of hydrogen-bond donors (Lipinski definition) is 1. The molecule has 5 heteroatoms. The Bertz CT molecular complexity index is 255. The standard InChI is InChI=1S/C13H27N3O2/c1-5-9-16(12(2)17)11-7-13(18)14-8-6-10-15(3)4/h5-11H2,1-4H3,(H,14,18). The van der Waals surface area contributed by atoms with Gasteiger partial charge in [-0.2, -0.15) is 0 Å². The number of carbonyl (C=O) groups is 2. The van der Waals surface area contributed by atoms with Crippen LogP contribution in [0.25, 0.3) is 0 Å². The quantitative estimate of drug-likeness (QED) is 0.619. The lowest BCUT2D eigenvalue weighted by Gasteiger charge is -2.19. The second kappa shape index (κ2) is 9.88. The first-order valence-electron chi connectivity index (χ1n) is 6.64. The fourth-order valence-corrected chi connectivity index (χ4v) is 1.64. The van der Waals surface area contributed by atoms with Crippen LogP contribution < -0.4 is 5.32 Å². The van der Waals surface area contributed by atoms with E-state index in [1.165, 1.54) is 0 Å². The molecule has 5 nitrogen and oxygen atoms in total. The first-order valence-corrected chi connectivity index (χ1v) is 6.64. The maximum Gasteiger partial charge on any atom is 0.221 e. The molecule has 0 spiro atoms. The van der Waals surface area contributed by atoms with Crippen LogP contribution in [0.3, 0.4) is 0 Å². The minimum atomic E-state index is 0.0242. The molecule has 2 amide bonds. The number of amides is 2. The topological polar surface area (TPSA) is 52.7 Å². The maximum absolute atomic E-state index is 11.6. The summed E-state index contributed by atoms with van der Waals surface area (Å²) in [5.74, 6) is 0.0633. The Kier molecular flexibility index (Phi) is 9.28. The fraction of sp³-hybridized carbons (Fsp3) is 0.846. The van der Waals surface area contributed by atoms with E-state index in [4.69, 9.17) is 0 Å². The van der Waals surface area contributed by atoms with Crippen molar-refractivity contribution in [2.24, 2.45) is 0 Å². The van der Waals surface area contributed by atoms with Gasteiger partial charge in [-0.1, -0.05) is 6.92 Å². The lowest BCUT2D eigenvalue weighted by atomic mass is 10.3. The molecule has 0 aromatic heterocycles. The van der Waals surface area contributed by atoms with Gasteiger partial charge in [-0.3, -0.25) is 9.59 Å². The first kappa shape index (κ1) is 16.9. The summed E-state index contributed by atoms with van der Waals surface area (Å²) >= 11 is 0. The summed E-state index contributed by atoms with van der Waals surface area (Å²) in [7, 11) is 4.02. The minimum absolute atomic E-state index is 0.0242. The monoisotopic (exact) mass is 257 g/mol. The third-order valence-corrected chi connectivity index (χ3v) is 2.65. The highest BCUT2D eigenvalue weighted by atomic mass is 16.2. The van der Waals surface area contributed by atoms with E-state index < -0.39 is 0 Å². The van der Waals surface area contributed by atoms with Gasteiger partial charge in [0.15, 0.2) is 0 Å². The van der Waals surface area contributed by atoms with Gasteiger partial charge in [-0.15, -0.1) is 0 Å². The van der Waals surface area contributed by atoms with Gasteiger partial charge < -0.3 is 15.1 Å². The van der Waals surface area contributed by atoms with Crippen LogP contribution in [0.2, 0.25) is 0 Å². The second-order valence-electron chi connectivity index (χ2n) is 4.76. The van der Waals surface area contributed by atoms with Crippen molar-refractivity contribution in [3.63, 3.8) is 0 Å². The Morgan fingerprint density at radius 2 is 1.78 bits per heavy atom. The lowest BCUT2D eigenvalue weighted by Crippen LogP contribution is -2.35. The van der Waals surface area contributed by atoms with E-state index in [0.717, 1.165) is 25.9 Å². The summed E-state index contributed by atoms with van der Waals surface area (Å²) < 4.78 is 0. The summed E-state index contributed by atoms with van der Waals surface area (Å²) in [6.07, 6.45) is 2.26. The normalized spacial score (nSPS) is 10.5. The molecule has 0 unspecified atom stereocenters. The number of carbonyl (C=O) groups excluding carboxylic acids is 2. The number of nitrogens with one attached hydrogen (secondary N) is 1. The molecule has 0 aromatic carbocycles. The van der Waals surface area contributed by atoms with E-state index >= 15 is 0 Å². The molecule has 0 rings (SSSR count). The molecular weight excluding hydrogens is 230 g/mol. The summed E-state index contributed by atoms with van der Waals surface area (Å²) in [4.78, 5) is 26.6. The zero-order chi connectivity index (χ0) is 14.0. The molecule has 0 aliphatic carbocycles. The highest BCUT2D eigenvalue weighted by molar-refractivity contribution is 5.77. The van der Waals surface area contributed by atoms with E-state index in [0.29, 0.717) is 19.5 Å². The predicted octanol–water partition coefficient (Wildman–Crippen LogP) is 0.703. The summed E-state index contributed by atoms with van der Waals surface area (Å²) in [6.45, 7) is 6.48. The van der Waals surface area contributed by atoms with Crippen molar-refractivity contribution in [3.8, 4) is 0 Å². The van der Waals surface area contributed by atoms with Crippen LogP contribution in [0.5, 0.6) is 0 Å². The zero-order valence-corrected chi connectivity index (χ0v) is 12.2. The van der Waals surface area contributed by atoms with Crippen molar-refractivity contribution in [3.05, 3.63) is 0 Å². The Morgan fingerprint density at radius 1 is 1.11 bits per heavy atom. The van der Waals surface area contributed by atoms with Crippen LogP contribution in [0.4, 0.5) is 0 Å². The van der Waals surface area contributed by atoms with Crippen LogP contribution in [-0.2, 0) is 9.59 Å². The average molecular weight is 257 g/mol. The van der Waals surface area contributed by atoms with Gasteiger partial charge >= 0.3 is 0 Å². The maximum atomic E-state index is 11.6.